The van der Waals surface area contributed by atoms with E-state index in [4.69, 9.17) is 9.47 Å². The molecule has 0 saturated heterocycles. The van der Waals surface area contributed by atoms with Crippen molar-refractivity contribution in [3.05, 3.63) is 35.9 Å². The van der Waals surface area contributed by atoms with Crippen LogP contribution in [0.4, 0.5) is 0 Å². The molecule has 92 valence electrons. The topological polar surface area (TPSA) is 35.5 Å². The highest BCUT2D eigenvalue weighted by Crippen LogP contribution is 2.31. The van der Waals surface area contributed by atoms with Crippen molar-refractivity contribution in [3.8, 4) is 0 Å². The number of rotatable bonds is 5. The summed E-state index contributed by atoms with van der Waals surface area (Å²) < 4.78 is 10.7. The van der Waals surface area contributed by atoms with Crippen LogP contribution in [0.2, 0.25) is 0 Å². The van der Waals surface area contributed by atoms with Gasteiger partial charge in [-0.3, -0.25) is 4.79 Å². The molecule has 0 radical (unpaired) electrons. The van der Waals surface area contributed by atoms with Crippen LogP contribution in [0.25, 0.3) is 0 Å². The van der Waals surface area contributed by atoms with Gasteiger partial charge in [-0.25, -0.2) is 0 Å². The lowest BCUT2D eigenvalue weighted by atomic mass is 9.82. The van der Waals surface area contributed by atoms with Gasteiger partial charge in [0.1, 0.15) is 0 Å². The third-order valence-corrected chi connectivity index (χ3v) is 3.04. The number of ether oxygens (including phenoxy) is 2. The number of benzene rings is 1. The van der Waals surface area contributed by atoms with Crippen molar-refractivity contribution in [1.29, 1.82) is 0 Å². The Balaban J connectivity index is 1.66. The normalized spacial score (nSPS) is 22.9. The standard InChI is InChI=1S/C14H18O3/c1-2-16-14(15)12-8-13(9-12)17-10-11-6-4-3-5-7-11/h3-7,12-13H,2,8-10H2,1H3. The predicted molar refractivity (Wildman–Crippen MR) is 64.4 cm³/mol. The summed E-state index contributed by atoms with van der Waals surface area (Å²) in [5.41, 5.74) is 1.17. The molecule has 0 aromatic heterocycles. The van der Waals surface area contributed by atoms with Crippen LogP contribution in [0.5, 0.6) is 0 Å². The lowest BCUT2D eigenvalue weighted by Crippen LogP contribution is -2.37. The highest BCUT2D eigenvalue weighted by molar-refractivity contribution is 5.73. The summed E-state index contributed by atoms with van der Waals surface area (Å²) in [5, 5.41) is 0. The van der Waals surface area contributed by atoms with E-state index in [-0.39, 0.29) is 18.0 Å². The lowest BCUT2D eigenvalue weighted by Gasteiger charge is -2.33. The van der Waals surface area contributed by atoms with E-state index in [2.05, 4.69) is 0 Å². The van der Waals surface area contributed by atoms with E-state index < -0.39 is 0 Å². The van der Waals surface area contributed by atoms with Crippen LogP contribution < -0.4 is 0 Å². The average Bonchev–Trinajstić information content (AvgIpc) is 2.28. The number of hydrogen-bond donors (Lipinski definition) is 0. The molecule has 1 aliphatic rings. The molecule has 1 aromatic carbocycles. The fraction of sp³-hybridized carbons (Fsp3) is 0.500. The van der Waals surface area contributed by atoms with Crippen molar-refractivity contribution < 1.29 is 14.3 Å². The van der Waals surface area contributed by atoms with Crippen LogP contribution in [0, 0.1) is 5.92 Å². The average molecular weight is 234 g/mol. The number of carbonyl (C=O) groups excluding carboxylic acids is 1. The zero-order chi connectivity index (χ0) is 12.1. The molecular weight excluding hydrogens is 216 g/mol. The quantitative estimate of drug-likeness (QED) is 0.734. The first-order valence-corrected chi connectivity index (χ1v) is 6.11. The van der Waals surface area contributed by atoms with Crippen molar-refractivity contribution in [3.63, 3.8) is 0 Å². The first kappa shape index (κ1) is 12.1. The SMILES string of the molecule is CCOC(=O)C1CC(OCc2ccccc2)C1. The summed E-state index contributed by atoms with van der Waals surface area (Å²) in [6, 6.07) is 10.1. The second-order valence-electron chi connectivity index (χ2n) is 4.34. The van der Waals surface area contributed by atoms with Crippen LogP contribution in [-0.2, 0) is 20.9 Å². The molecule has 0 aliphatic heterocycles. The molecule has 3 heteroatoms. The molecule has 1 aromatic rings. The lowest BCUT2D eigenvalue weighted by molar-refractivity contribution is -0.157. The maximum Gasteiger partial charge on any atom is 0.309 e. The van der Waals surface area contributed by atoms with E-state index in [1.54, 1.807) is 0 Å². The Bertz CT molecular complexity index is 355. The second-order valence-corrected chi connectivity index (χ2v) is 4.34. The molecule has 0 heterocycles. The Kier molecular flexibility index (Phi) is 4.15. The molecule has 2 rings (SSSR count). The van der Waals surface area contributed by atoms with Gasteiger partial charge in [-0.2, -0.15) is 0 Å². The number of hydrogen-bond acceptors (Lipinski definition) is 3. The summed E-state index contributed by atoms with van der Waals surface area (Å²) in [5.74, 6) is -0.0252. The molecular formula is C14H18O3. The van der Waals surface area contributed by atoms with Gasteiger partial charge in [0.2, 0.25) is 0 Å². The Hall–Kier alpha value is -1.35. The molecule has 0 bridgehead atoms. The Morgan fingerprint density at radius 2 is 2.00 bits per heavy atom. The Labute approximate surface area is 102 Å². The van der Waals surface area contributed by atoms with Gasteiger partial charge in [-0.15, -0.1) is 0 Å². The van der Waals surface area contributed by atoms with Crippen molar-refractivity contribution in [2.24, 2.45) is 5.92 Å². The Morgan fingerprint density at radius 1 is 1.29 bits per heavy atom. The fourth-order valence-electron chi connectivity index (χ4n) is 1.94. The minimum Gasteiger partial charge on any atom is -0.466 e. The smallest absolute Gasteiger partial charge is 0.309 e. The first-order chi connectivity index (χ1) is 8.29. The van der Waals surface area contributed by atoms with Crippen molar-refractivity contribution in [2.75, 3.05) is 6.61 Å². The van der Waals surface area contributed by atoms with Gasteiger partial charge < -0.3 is 9.47 Å². The number of carbonyl (C=O) groups is 1. The van der Waals surface area contributed by atoms with Gasteiger partial charge in [-0.1, -0.05) is 30.3 Å². The molecule has 0 spiro atoms. The van der Waals surface area contributed by atoms with Gasteiger partial charge >= 0.3 is 5.97 Å². The van der Waals surface area contributed by atoms with Gasteiger partial charge in [-0.05, 0) is 25.3 Å². The minimum absolute atomic E-state index is 0.0516. The summed E-state index contributed by atoms with van der Waals surface area (Å²) in [4.78, 5) is 11.4. The summed E-state index contributed by atoms with van der Waals surface area (Å²) >= 11 is 0. The third kappa shape index (κ3) is 3.30. The molecule has 1 saturated carbocycles. The molecule has 1 fully saturated rings. The first-order valence-electron chi connectivity index (χ1n) is 6.11. The molecule has 17 heavy (non-hydrogen) atoms. The third-order valence-electron chi connectivity index (χ3n) is 3.04. The van der Waals surface area contributed by atoms with Crippen LogP contribution in [-0.4, -0.2) is 18.7 Å². The predicted octanol–water partition coefficient (Wildman–Crippen LogP) is 2.54. The van der Waals surface area contributed by atoms with Crippen molar-refractivity contribution >= 4 is 5.97 Å². The zero-order valence-electron chi connectivity index (χ0n) is 10.1. The largest absolute Gasteiger partial charge is 0.466 e. The molecule has 0 amide bonds. The highest BCUT2D eigenvalue weighted by atomic mass is 16.5. The molecule has 0 N–H and O–H groups in total. The molecule has 0 unspecified atom stereocenters. The van der Waals surface area contributed by atoms with Crippen LogP contribution >= 0.6 is 0 Å². The summed E-state index contributed by atoms with van der Waals surface area (Å²) in [6.45, 7) is 2.92. The maximum atomic E-state index is 11.4. The fourth-order valence-corrected chi connectivity index (χ4v) is 1.94. The van der Waals surface area contributed by atoms with Gasteiger partial charge in [0.15, 0.2) is 0 Å². The highest BCUT2D eigenvalue weighted by Gasteiger charge is 2.36. The second kappa shape index (κ2) is 5.82. The van der Waals surface area contributed by atoms with Crippen LogP contribution in [0.3, 0.4) is 0 Å². The van der Waals surface area contributed by atoms with Crippen LogP contribution in [0.15, 0.2) is 30.3 Å². The Morgan fingerprint density at radius 3 is 2.65 bits per heavy atom. The summed E-state index contributed by atoms with van der Waals surface area (Å²) in [6.07, 6.45) is 1.81. The van der Waals surface area contributed by atoms with Crippen molar-refractivity contribution in [1.82, 2.24) is 0 Å². The summed E-state index contributed by atoms with van der Waals surface area (Å²) in [7, 11) is 0. The van der Waals surface area contributed by atoms with Gasteiger partial charge in [0.05, 0.1) is 25.2 Å². The van der Waals surface area contributed by atoms with E-state index in [1.807, 2.05) is 37.3 Å². The van der Waals surface area contributed by atoms with E-state index in [9.17, 15) is 4.79 Å². The van der Waals surface area contributed by atoms with E-state index in [0.29, 0.717) is 13.2 Å². The zero-order valence-corrected chi connectivity index (χ0v) is 10.1. The van der Waals surface area contributed by atoms with E-state index in [1.165, 1.54) is 5.56 Å². The van der Waals surface area contributed by atoms with Gasteiger partial charge in [0, 0.05) is 0 Å². The van der Waals surface area contributed by atoms with E-state index >= 15 is 0 Å². The minimum atomic E-state index is -0.0768. The molecule has 1 aliphatic carbocycles. The maximum absolute atomic E-state index is 11.4. The molecule has 3 nitrogen and oxygen atoms in total. The molecule has 0 atom stereocenters. The van der Waals surface area contributed by atoms with Crippen molar-refractivity contribution in [2.45, 2.75) is 32.5 Å². The van der Waals surface area contributed by atoms with E-state index in [0.717, 1.165) is 12.8 Å². The monoisotopic (exact) mass is 234 g/mol. The van der Waals surface area contributed by atoms with Gasteiger partial charge in [0.25, 0.3) is 0 Å². The van der Waals surface area contributed by atoms with Crippen LogP contribution in [0.1, 0.15) is 25.3 Å². The number of esters is 1.